The van der Waals surface area contributed by atoms with Crippen LogP contribution in [0.1, 0.15) is 17.0 Å². The molecule has 1 aliphatic rings. The van der Waals surface area contributed by atoms with Crippen molar-refractivity contribution in [2.75, 3.05) is 13.1 Å². The Kier molecular flexibility index (Phi) is 5.39. The zero-order chi connectivity index (χ0) is 19.3. The summed E-state index contributed by atoms with van der Waals surface area (Å²) in [5.41, 5.74) is 6.37. The van der Waals surface area contributed by atoms with Crippen LogP contribution in [0.5, 0.6) is 0 Å². The lowest BCUT2D eigenvalue weighted by Gasteiger charge is -2.27. The fourth-order valence-electron chi connectivity index (χ4n) is 3.87. The molecule has 0 unspecified atom stereocenters. The minimum absolute atomic E-state index is 0. The van der Waals surface area contributed by atoms with Crippen LogP contribution in [0.15, 0.2) is 66.9 Å². The Morgan fingerprint density at radius 3 is 2.45 bits per heavy atom. The molecule has 1 saturated heterocycles. The highest BCUT2D eigenvalue weighted by Gasteiger charge is 2.21. The maximum Gasteiger partial charge on any atom is 0.142 e. The van der Waals surface area contributed by atoms with E-state index in [0.29, 0.717) is 5.92 Å². The molecule has 0 radical (unpaired) electrons. The van der Waals surface area contributed by atoms with Crippen molar-refractivity contribution >= 4 is 34.9 Å². The van der Waals surface area contributed by atoms with Crippen LogP contribution < -0.4 is 5.32 Å². The average molecular weight is 427 g/mol. The zero-order valence-corrected chi connectivity index (χ0v) is 17.5. The summed E-state index contributed by atoms with van der Waals surface area (Å²) in [6.07, 6.45) is 2.07. The Hall–Kier alpha value is -2.33. The number of fused-ring (bicyclic) bond motifs is 1. The molecular weight excluding hydrogens is 406 g/mol. The van der Waals surface area contributed by atoms with Crippen molar-refractivity contribution in [3.63, 3.8) is 0 Å². The highest BCUT2D eigenvalue weighted by Crippen LogP contribution is 2.38. The van der Waals surface area contributed by atoms with E-state index in [4.69, 9.17) is 11.6 Å². The summed E-state index contributed by atoms with van der Waals surface area (Å²) in [5, 5.41) is 4.59. The van der Waals surface area contributed by atoms with Gasteiger partial charge in [-0.05, 0) is 42.8 Å². The fourth-order valence-corrected chi connectivity index (χ4v) is 4.10. The molecular formula is C24H21Cl2FN2. The molecule has 0 bridgehead atoms. The van der Waals surface area contributed by atoms with Gasteiger partial charge in [0.25, 0.3) is 0 Å². The summed E-state index contributed by atoms with van der Waals surface area (Å²) in [5.74, 6) is 0.137. The molecule has 1 aromatic heterocycles. The van der Waals surface area contributed by atoms with Crippen molar-refractivity contribution in [2.24, 2.45) is 0 Å². The van der Waals surface area contributed by atoms with Gasteiger partial charge in [0.2, 0.25) is 0 Å². The van der Waals surface area contributed by atoms with Crippen molar-refractivity contribution in [1.29, 1.82) is 0 Å². The van der Waals surface area contributed by atoms with Gasteiger partial charge in [0.05, 0.1) is 10.5 Å². The van der Waals surface area contributed by atoms with Gasteiger partial charge >= 0.3 is 0 Å². The lowest BCUT2D eigenvalue weighted by Crippen LogP contribution is -2.39. The molecule has 0 saturated carbocycles. The van der Waals surface area contributed by atoms with Gasteiger partial charge in [0, 0.05) is 47.4 Å². The molecule has 5 rings (SSSR count). The molecule has 2 heterocycles. The van der Waals surface area contributed by atoms with Gasteiger partial charge in [-0.1, -0.05) is 47.5 Å². The minimum Gasteiger partial charge on any atom is -0.316 e. The number of nitrogens with one attached hydrogen (secondary N) is 1. The van der Waals surface area contributed by atoms with Gasteiger partial charge in [-0.3, -0.25) is 0 Å². The molecule has 2 nitrogen and oxygen atoms in total. The average Bonchev–Trinajstić information content (AvgIpc) is 3.02. The normalized spacial score (nSPS) is 13.9. The van der Waals surface area contributed by atoms with Crippen LogP contribution >= 0.6 is 24.0 Å². The molecule has 3 aromatic carbocycles. The summed E-state index contributed by atoms with van der Waals surface area (Å²) in [7, 11) is 0. The number of rotatable bonds is 3. The number of aryl methyl sites for hydroxylation is 1. The summed E-state index contributed by atoms with van der Waals surface area (Å²) in [6.45, 7) is 4.08. The van der Waals surface area contributed by atoms with Crippen LogP contribution in [0.2, 0.25) is 5.02 Å². The van der Waals surface area contributed by atoms with E-state index in [2.05, 4.69) is 65.5 Å². The van der Waals surface area contributed by atoms with Gasteiger partial charge in [-0.25, -0.2) is 4.39 Å². The molecule has 0 atom stereocenters. The Labute approximate surface area is 180 Å². The van der Waals surface area contributed by atoms with Crippen molar-refractivity contribution in [1.82, 2.24) is 9.88 Å². The molecule has 5 heteroatoms. The second-order valence-corrected chi connectivity index (χ2v) is 7.86. The lowest BCUT2D eigenvalue weighted by molar-refractivity contribution is 0.449. The smallest absolute Gasteiger partial charge is 0.142 e. The van der Waals surface area contributed by atoms with Crippen molar-refractivity contribution in [3.05, 3.63) is 88.8 Å². The Bertz CT molecular complexity index is 1180. The first-order valence-corrected chi connectivity index (χ1v) is 9.87. The van der Waals surface area contributed by atoms with Gasteiger partial charge in [-0.15, -0.1) is 12.4 Å². The number of halogens is 3. The van der Waals surface area contributed by atoms with E-state index >= 15 is 0 Å². The highest BCUT2D eigenvalue weighted by atomic mass is 35.5. The lowest BCUT2D eigenvalue weighted by atomic mass is 9.92. The molecule has 0 aliphatic carbocycles. The van der Waals surface area contributed by atoms with E-state index in [1.165, 1.54) is 17.2 Å². The number of nitrogens with zero attached hydrogens (tertiary/aromatic N) is 1. The third kappa shape index (κ3) is 3.44. The van der Waals surface area contributed by atoms with Crippen LogP contribution in [0.3, 0.4) is 0 Å². The van der Waals surface area contributed by atoms with E-state index < -0.39 is 5.82 Å². The van der Waals surface area contributed by atoms with Gasteiger partial charge in [0.1, 0.15) is 5.82 Å². The topological polar surface area (TPSA) is 17.0 Å². The molecule has 0 spiro atoms. The number of benzene rings is 3. The summed E-state index contributed by atoms with van der Waals surface area (Å²) < 4.78 is 16.3. The largest absolute Gasteiger partial charge is 0.316 e. The second-order valence-electron chi connectivity index (χ2n) is 7.48. The number of aromatic nitrogens is 1. The monoisotopic (exact) mass is 426 g/mol. The predicted molar refractivity (Wildman–Crippen MR) is 121 cm³/mol. The molecule has 1 aliphatic heterocycles. The molecule has 148 valence electrons. The SMILES string of the molecule is Cc1ccc(-n2cc(-c3cccc(F)c3Cl)c3cc(C4CNC4)ccc32)cc1.Cl. The quantitative estimate of drug-likeness (QED) is 0.395. The van der Waals surface area contributed by atoms with E-state index in [0.717, 1.165) is 40.8 Å². The van der Waals surface area contributed by atoms with Crippen molar-refractivity contribution in [2.45, 2.75) is 12.8 Å². The third-order valence-corrected chi connectivity index (χ3v) is 6.02. The summed E-state index contributed by atoms with van der Waals surface area (Å²) in [6, 6.07) is 20.0. The Morgan fingerprint density at radius 2 is 1.76 bits per heavy atom. The molecule has 1 N–H and O–H groups in total. The maximum atomic E-state index is 14.2. The molecule has 0 amide bonds. The summed E-state index contributed by atoms with van der Waals surface area (Å²) >= 11 is 6.35. The van der Waals surface area contributed by atoms with E-state index in [1.807, 2.05) is 6.07 Å². The maximum absolute atomic E-state index is 14.2. The van der Waals surface area contributed by atoms with Crippen molar-refractivity contribution < 1.29 is 4.39 Å². The van der Waals surface area contributed by atoms with Crippen LogP contribution in [-0.2, 0) is 0 Å². The Morgan fingerprint density at radius 1 is 1.00 bits per heavy atom. The van der Waals surface area contributed by atoms with Crippen LogP contribution in [-0.4, -0.2) is 17.7 Å². The molecule has 4 aromatic rings. The van der Waals surface area contributed by atoms with Crippen LogP contribution in [0, 0.1) is 12.7 Å². The van der Waals surface area contributed by atoms with Crippen molar-refractivity contribution in [3.8, 4) is 16.8 Å². The first kappa shape index (κ1) is 20.0. The zero-order valence-electron chi connectivity index (χ0n) is 16.0. The molecule has 29 heavy (non-hydrogen) atoms. The van der Waals surface area contributed by atoms with Crippen LogP contribution in [0.4, 0.5) is 4.39 Å². The highest BCUT2D eigenvalue weighted by molar-refractivity contribution is 6.34. The van der Waals surface area contributed by atoms with Gasteiger partial charge in [-0.2, -0.15) is 0 Å². The number of hydrogen-bond donors (Lipinski definition) is 1. The first-order chi connectivity index (χ1) is 13.6. The Balaban J connectivity index is 0.00000205. The summed E-state index contributed by atoms with van der Waals surface area (Å²) in [4.78, 5) is 0. The van der Waals surface area contributed by atoms with Crippen LogP contribution in [0.25, 0.3) is 27.7 Å². The van der Waals surface area contributed by atoms with E-state index in [-0.39, 0.29) is 17.4 Å². The van der Waals surface area contributed by atoms with Gasteiger partial charge < -0.3 is 9.88 Å². The predicted octanol–water partition coefficient (Wildman–Crippen LogP) is 6.51. The first-order valence-electron chi connectivity index (χ1n) is 9.49. The molecule has 1 fully saturated rings. The van der Waals surface area contributed by atoms with E-state index in [1.54, 1.807) is 6.07 Å². The van der Waals surface area contributed by atoms with E-state index in [9.17, 15) is 4.39 Å². The standard InChI is InChI=1S/C24H20ClFN2.ClH/c1-15-5-8-18(9-6-15)28-14-21(19-3-2-4-22(26)24(19)25)20-11-16(7-10-23(20)28)17-12-27-13-17;/h2-11,14,17,27H,12-13H2,1H3;1H. The second kappa shape index (κ2) is 7.83. The number of hydrogen-bond acceptors (Lipinski definition) is 1. The third-order valence-electron chi connectivity index (χ3n) is 5.64. The van der Waals surface area contributed by atoms with Gasteiger partial charge in [0.15, 0.2) is 0 Å². The minimum atomic E-state index is -0.394. The fraction of sp³-hybridized carbons (Fsp3) is 0.167.